The summed E-state index contributed by atoms with van der Waals surface area (Å²) in [5.41, 5.74) is 7.07. The Hall–Kier alpha value is -1.45. The first-order valence-corrected chi connectivity index (χ1v) is 5.80. The van der Waals surface area contributed by atoms with Crippen LogP contribution in [0, 0.1) is 0 Å². The van der Waals surface area contributed by atoms with Crippen LogP contribution in [-0.2, 0) is 4.79 Å². The van der Waals surface area contributed by atoms with Crippen molar-refractivity contribution >= 4 is 5.91 Å². The number of nitrogens with two attached hydrogens (primary N) is 1. The molecule has 2 N–H and O–H groups in total. The fraction of sp³-hybridized carbons (Fsp3) is 0.583. The number of primary amides is 1. The number of hydrogen-bond acceptors (Lipinski definition) is 3. The molecule has 0 bridgehead atoms. The molecule has 86 valence electrons. The Bertz CT molecular complexity index is 386. The quantitative estimate of drug-likeness (QED) is 0.841. The first kappa shape index (κ1) is 11.0. The maximum Gasteiger partial charge on any atom is 0.226 e. The number of carbonyl (C=O) groups is 1. The van der Waals surface area contributed by atoms with Crippen LogP contribution in [0.5, 0.6) is 0 Å². The Labute approximate surface area is 95.3 Å². The third-order valence-electron chi connectivity index (χ3n) is 3.34. The van der Waals surface area contributed by atoms with Gasteiger partial charge in [-0.15, -0.1) is 0 Å². The highest BCUT2D eigenvalue weighted by Crippen LogP contribution is 2.35. The van der Waals surface area contributed by atoms with E-state index in [1.807, 2.05) is 0 Å². The van der Waals surface area contributed by atoms with Gasteiger partial charge in [-0.3, -0.25) is 14.8 Å². The zero-order valence-electron chi connectivity index (χ0n) is 9.52. The Kier molecular flexibility index (Phi) is 3.17. The zero-order chi connectivity index (χ0) is 11.5. The first-order chi connectivity index (χ1) is 7.70. The average Bonchev–Trinajstić information content (AvgIpc) is 2.81. The molecule has 1 atom stereocenters. The van der Waals surface area contributed by atoms with E-state index >= 15 is 0 Å². The Morgan fingerprint density at radius 1 is 1.38 bits per heavy atom. The van der Waals surface area contributed by atoms with E-state index in [9.17, 15) is 4.79 Å². The molecule has 0 spiro atoms. The van der Waals surface area contributed by atoms with Gasteiger partial charge in [-0.05, 0) is 19.8 Å². The van der Waals surface area contributed by atoms with Crippen molar-refractivity contribution in [3.63, 3.8) is 0 Å². The smallest absolute Gasteiger partial charge is 0.226 e. The number of rotatable bonds is 3. The van der Waals surface area contributed by atoms with Crippen molar-refractivity contribution in [2.45, 2.75) is 44.4 Å². The molecule has 1 aliphatic rings. The molecule has 1 aliphatic carbocycles. The molecule has 1 fully saturated rings. The average molecular weight is 219 g/mol. The summed E-state index contributed by atoms with van der Waals surface area (Å²) in [6, 6.07) is 0. The van der Waals surface area contributed by atoms with Gasteiger partial charge in [0.05, 0.1) is 17.3 Å². The molecule has 1 unspecified atom stereocenters. The number of nitrogens with zero attached hydrogens (tertiary/aromatic N) is 2. The van der Waals surface area contributed by atoms with E-state index in [0.29, 0.717) is 5.92 Å². The molecule has 2 rings (SSSR count). The highest BCUT2D eigenvalue weighted by Gasteiger charge is 2.25. The lowest BCUT2D eigenvalue weighted by Crippen LogP contribution is -2.22. The lowest BCUT2D eigenvalue weighted by Gasteiger charge is -2.15. The predicted octanol–water partition coefficient (Wildman–Crippen LogP) is 1.72. The van der Waals surface area contributed by atoms with Crippen molar-refractivity contribution in [3.8, 4) is 0 Å². The van der Waals surface area contributed by atoms with Crippen LogP contribution in [0.2, 0.25) is 0 Å². The third-order valence-corrected chi connectivity index (χ3v) is 3.34. The molecule has 1 saturated carbocycles. The molecular formula is C12H17N3O. The molecule has 1 aromatic rings. The number of hydrogen-bond donors (Lipinski definition) is 1. The fourth-order valence-corrected chi connectivity index (χ4v) is 2.34. The van der Waals surface area contributed by atoms with Crippen LogP contribution < -0.4 is 5.73 Å². The monoisotopic (exact) mass is 219 g/mol. The molecule has 1 amide bonds. The molecule has 0 radical (unpaired) electrons. The maximum atomic E-state index is 11.2. The highest BCUT2D eigenvalue weighted by atomic mass is 16.1. The van der Waals surface area contributed by atoms with Crippen LogP contribution in [0.25, 0.3) is 0 Å². The van der Waals surface area contributed by atoms with Crippen molar-refractivity contribution in [3.05, 3.63) is 23.8 Å². The van der Waals surface area contributed by atoms with Crippen LogP contribution in [-0.4, -0.2) is 15.9 Å². The first-order valence-electron chi connectivity index (χ1n) is 5.80. The SMILES string of the molecule is CC(C(N)=O)c1nccnc1C1CCCC1. The number of aromatic nitrogens is 2. The largest absolute Gasteiger partial charge is 0.369 e. The summed E-state index contributed by atoms with van der Waals surface area (Å²) in [5.74, 6) is -0.213. The van der Waals surface area contributed by atoms with E-state index in [0.717, 1.165) is 24.2 Å². The molecule has 0 aromatic carbocycles. The van der Waals surface area contributed by atoms with Gasteiger partial charge < -0.3 is 5.73 Å². The van der Waals surface area contributed by atoms with E-state index in [1.165, 1.54) is 12.8 Å². The van der Waals surface area contributed by atoms with E-state index in [-0.39, 0.29) is 11.8 Å². The lowest BCUT2D eigenvalue weighted by atomic mass is 9.95. The highest BCUT2D eigenvalue weighted by molar-refractivity contribution is 5.81. The van der Waals surface area contributed by atoms with Gasteiger partial charge in [0, 0.05) is 18.3 Å². The maximum absolute atomic E-state index is 11.2. The molecule has 0 saturated heterocycles. The summed E-state index contributed by atoms with van der Waals surface area (Å²) in [6.07, 6.45) is 8.11. The Morgan fingerprint density at radius 3 is 2.62 bits per heavy atom. The van der Waals surface area contributed by atoms with E-state index < -0.39 is 0 Å². The van der Waals surface area contributed by atoms with Crippen LogP contribution in [0.4, 0.5) is 0 Å². The van der Waals surface area contributed by atoms with Gasteiger partial charge in [0.2, 0.25) is 5.91 Å². The van der Waals surface area contributed by atoms with Crippen molar-refractivity contribution in [1.29, 1.82) is 0 Å². The summed E-state index contributed by atoms with van der Waals surface area (Å²) in [4.78, 5) is 19.9. The van der Waals surface area contributed by atoms with Gasteiger partial charge in [-0.1, -0.05) is 12.8 Å². The van der Waals surface area contributed by atoms with Crippen molar-refractivity contribution < 1.29 is 4.79 Å². The van der Waals surface area contributed by atoms with E-state index in [4.69, 9.17) is 5.73 Å². The minimum Gasteiger partial charge on any atom is -0.369 e. The second kappa shape index (κ2) is 4.60. The second-order valence-corrected chi connectivity index (χ2v) is 4.43. The minimum absolute atomic E-state index is 0.334. The van der Waals surface area contributed by atoms with Crippen LogP contribution in [0.3, 0.4) is 0 Å². The third kappa shape index (κ3) is 2.05. The number of amides is 1. The second-order valence-electron chi connectivity index (χ2n) is 4.43. The molecular weight excluding hydrogens is 202 g/mol. The Balaban J connectivity index is 2.33. The minimum atomic E-state index is -0.343. The molecule has 16 heavy (non-hydrogen) atoms. The van der Waals surface area contributed by atoms with Crippen molar-refractivity contribution in [2.24, 2.45) is 5.73 Å². The predicted molar refractivity (Wildman–Crippen MR) is 60.9 cm³/mol. The summed E-state index contributed by atoms with van der Waals surface area (Å²) in [6.45, 7) is 1.80. The molecule has 1 aromatic heterocycles. The van der Waals surface area contributed by atoms with Gasteiger partial charge in [0.15, 0.2) is 0 Å². The van der Waals surface area contributed by atoms with Crippen LogP contribution in [0.15, 0.2) is 12.4 Å². The number of carbonyl (C=O) groups excluding carboxylic acids is 1. The van der Waals surface area contributed by atoms with Gasteiger partial charge in [0.25, 0.3) is 0 Å². The van der Waals surface area contributed by atoms with Gasteiger partial charge in [-0.2, -0.15) is 0 Å². The van der Waals surface area contributed by atoms with Gasteiger partial charge in [-0.25, -0.2) is 0 Å². The summed E-state index contributed by atoms with van der Waals surface area (Å²) < 4.78 is 0. The molecule has 1 heterocycles. The summed E-state index contributed by atoms with van der Waals surface area (Å²) >= 11 is 0. The van der Waals surface area contributed by atoms with E-state index in [1.54, 1.807) is 19.3 Å². The fourth-order valence-electron chi connectivity index (χ4n) is 2.34. The summed E-state index contributed by atoms with van der Waals surface area (Å²) in [5, 5.41) is 0. The van der Waals surface area contributed by atoms with Crippen molar-refractivity contribution in [1.82, 2.24) is 9.97 Å². The van der Waals surface area contributed by atoms with Crippen molar-refractivity contribution in [2.75, 3.05) is 0 Å². The Morgan fingerprint density at radius 2 is 2.00 bits per heavy atom. The molecule has 4 nitrogen and oxygen atoms in total. The topological polar surface area (TPSA) is 68.9 Å². The normalized spacial score (nSPS) is 18.6. The lowest BCUT2D eigenvalue weighted by molar-refractivity contribution is -0.119. The van der Waals surface area contributed by atoms with Gasteiger partial charge in [0.1, 0.15) is 0 Å². The standard InChI is InChI=1S/C12H17N3O/c1-8(12(13)16)10-11(15-7-6-14-10)9-4-2-3-5-9/h6-9H,2-5H2,1H3,(H2,13,16). The summed E-state index contributed by atoms with van der Waals surface area (Å²) in [7, 11) is 0. The zero-order valence-corrected chi connectivity index (χ0v) is 9.52. The van der Waals surface area contributed by atoms with Crippen LogP contribution in [0.1, 0.15) is 55.8 Å². The van der Waals surface area contributed by atoms with E-state index in [2.05, 4.69) is 9.97 Å². The molecule has 4 heteroatoms. The van der Waals surface area contributed by atoms with Crippen LogP contribution >= 0.6 is 0 Å². The van der Waals surface area contributed by atoms with Gasteiger partial charge >= 0.3 is 0 Å². The molecule has 0 aliphatic heterocycles.